The fourth-order valence-corrected chi connectivity index (χ4v) is 12.4. The van der Waals surface area contributed by atoms with Crippen LogP contribution in [0, 0.1) is 46.3 Å². The number of ether oxygens (including phenoxy) is 1. The first kappa shape index (κ1) is 45.6. The van der Waals surface area contributed by atoms with Gasteiger partial charge in [0.05, 0.1) is 6.10 Å². The Hall–Kier alpha value is -1.09. The third-order valence-electron chi connectivity index (χ3n) is 15.7. The summed E-state index contributed by atoms with van der Waals surface area (Å²) in [4.78, 5) is 13.3. The van der Waals surface area contributed by atoms with Gasteiger partial charge in [-0.25, -0.2) is 0 Å². The van der Waals surface area contributed by atoms with E-state index in [9.17, 15) is 9.90 Å². The molecule has 0 radical (unpaired) electrons. The van der Waals surface area contributed by atoms with Gasteiger partial charge in [0.15, 0.2) is 0 Å². The fraction of sp³-hybridized carbons (Fsp3) is 0.902. The SMILES string of the molecule is CCCCCCCCCCCCCCCCCCCCCCCC(=O)OC1=C[C@@H](O)CC2=CC[C@@H]3[C@H](CC[C@]4(C)[C@@H]([C@H](C)CCCC(C)C)CC[C@@H]34)[C@]21C. The van der Waals surface area contributed by atoms with Crippen LogP contribution in [0.2, 0.25) is 0 Å². The molecule has 2 fully saturated rings. The van der Waals surface area contributed by atoms with Crippen LogP contribution in [-0.2, 0) is 9.53 Å². The molecule has 0 heterocycles. The van der Waals surface area contributed by atoms with E-state index in [2.05, 4.69) is 47.6 Å². The second-order valence-electron chi connectivity index (χ2n) is 20.2. The van der Waals surface area contributed by atoms with Crippen molar-refractivity contribution in [3.63, 3.8) is 0 Å². The average molecular weight is 751 g/mol. The standard InChI is InChI=1S/C51H90O3/c1-7-8-9-10-11-12-13-14-15-16-17-18-19-20-21-22-23-24-25-26-27-31-49(53)54-48-39-43(52)38-42-32-33-44-46-35-34-45(41(4)30-28-29-40(2)3)50(46,5)37-36-47(44)51(42,48)6/h32,39-41,43-47,52H,7-31,33-38H2,1-6H3/t41-,43+,44+,45-,46+,47+,50-,51+/m1/s1. The molecule has 0 aliphatic heterocycles. The number of esters is 1. The van der Waals surface area contributed by atoms with Crippen molar-refractivity contribution in [1.29, 1.82) is 0 Å². The van der Waals surface area contributed by atoms with E-state index in [4.69, 9.17) is 4.74 Å². The highest BCUT2D eigenvalue weighted by molar-refractivity contribution is 5.71. The Morgan fingerprint density at radius 2 is 1.26 bits per heavy atom. The molecule has 3 heteroatoms. The van der Waals surface area contributed by atoms with Gasteiger partial charge in [0.1, 0.15) is 5.76 Å². The van der Waals surface area contributed by atoms with Crippen molar-refractivity contribution < 1.29 is 14.6 Å². The Balaban J connectivity index is 1.08. The summed E-state index contributed by atoms with van der Waals surface area (Å²) in [6, 6.07) is 0. The number of carbonyl (C=O) groups excluding carboxylic acids is 1. The normalized spacial score (nSPS) is 29.7. The molecule has 0 bridgehead atoms. The van der Waals surface area contributed by atoms with E-state index < -0.39 is 6.10 Å². The van der Waals surface area contributed by atoms with E-state index in [1.807, 2.05) is 6.08 Å². The maximum absolute atomic E-state index is 13.3. The Kier molecular flexibility index (Phi) is 20.3. The van der Waals surface area contributed by atoms with E-state index in [1.165, 1.54) is 173 Å². The highest BCUT2D eigenvalue weighted by atomic mass is 16.5. The summed E-state index contributed by atoms with van der Waals surface area (Å²) < 4.78 is 6.31. The lowest BCUT2D eigenvalue weighted by atomic mass is 9.47. The molecule has 0 saturated heterocycles. The average Bonchev–Trinajstić information content (AvgIpc) is 3.50. The van der Waals surface area contributed by atoms with Gasteiger partial charge in [-0.2, -0.15) is 0 Å². The number of rotatable bonds is 28. The number of allylic oxidation sites excluding steroid dienone is 2. The molecule has 0 aromatic heterocycles. The molecule has 0 spiro atoms. The van der Waals surface area contributed by atoms with Crippen molar-refractivity contribution in [2.45, 2.75) is 247 Å². The lowest BCUT2D eigenvalue weighted by Crippen LogP contribution is -2.51. The monoisotopic (exact) mass is 751 g/mol. The zero-order valence-corrected chi connectivity index (χ0v) is 36.9. The highest BCUT2D eigenvalue weighted by Crippen LogP contribution is 2.67. The third kappa shape index (κ3) is 13.2. The van der Waals surface area contributed by atoms with Gasteiger partial charge in [0, 0.05) is 11.8 Å². The molecule has 4 rings (SSSR count). The van der Waals surface area contributed by atoms with Gasteiger partial charge in [0.25, 0.3) is 0 Å². The first-order valence-corrected chi connectivity index (χ1v) is 24.4. The van der Waals surface area contributed by atoms with Crippen LogP contribution in [0.5, 0.6) is 0 Å². The van der Waals surface area contributed by atoms with Gasteiger partial charge >= 0.3 is 5.97 Å². The summed E-state index contributed by atoms with van der Waals surface area (Å²) in [6.45, 7) is 14.6. The molecule has 2 saturated carbocycles. The van der Waals surface area contributed by atoms with E-state index >= 15 is 0 Å². The molecular formula is C51H90O3. The van der Waals surface area contributed by atoms with Gasteiger partial charge in [-0.1, -0.05) is 194 Å². The largest absolute Gasteiger partial charge is 0.430 e. The smallest absolute Gasteiger partial charge is 0.310 e. The van der Waals surface area contributed by atoms with Crippen molar-refractivity contribution in [2.75, 3.05) is 0 Å². The van der Waals surface area contributed by atoms with Crippen molar-refractivity contribution >= 4 is 5.97 Å². The molecule has 4 aliphatic carbocycles. The van der Waals surface area contributed by atoms with Gasteiger partial charge in [0.2, 0.25) is 0 Å². The first-order valence-electron chi connectivity index (χ1n) is 24.4. The summed E-state index contributed by atoms with van der Waals surface area (Å²) in [6.07, 6.45) is 44.2. The van der Waals surface area contributed by atoms with Gasteiger partial charge in [-0.05, 0) is 98.9 Å². The number of aliphatic hydroxyl groups excluding tert-OH is 1. The van der Waals surface area contributed by atoms with Gasteiger partial charge in [-0.15, -0.1) is 0 Å². The molecule has 8 atom stereocenters. The number of aliphatic hydroxyl groups is 1. The van der Waals surface area contributed by atoms with E-state index in [-0.39, 0.29) is 11.4 Å². The Labute approximate surface area is 336 Å². The van der Waals surface area contributed by atoms with E-state index in [1.54, 1.807) is 0 Å². The van der Waals surface area contributed by atoms with Crippen molar-refractivity contribution in [3.8, 4) is 0 Å². The van der Waals surface area contributed by atoms with Crippen LogP contribution in [0.4, 0.5) is 0 Å². The number of carbonyl (C=O) groups is 1. The minimum atomic E-state index is -0.551. The van der Waals surface area contributed by atoms with Crippen LogP contribution in [0.3, 0.4) is 0 Å². The number of hydrogen-bond acceptors (Lipinski definition) is 3. The molecule has 3 nitrogen and oxygen atoms in total. The van der Waals surface area contributed by atoms with Crippen LogP contribution in [0.15, 0.2) is 23.5 Å². The Morgan fingerprint density at radius 3 is 1.80 bits per heavy atom. The summed E-state index contributed by atoms with van der Waals surface area (Å²) in [5.41, 5.74) is 1.50. The quantitative estimate of drug-likeness (QED) is 0.0492. The van der Waals surface area contributed by atoms with Crippen molar-refractivity contribution in [1.82, 2.24) is 0 Å². The minimum Gasteiger partial charge on any atom is -0.430 e. The third-order valence-corrected chi connectivity index (χ3v) is 15.7. The first-order chi connectivity index (χ1) is 26.1. The summed E-state index contributed by atoms with van der Waals surface area (Å²) in [7, 11) is 0. The molecule has 0 unspecified atom stereocenters. The van der Waals surface area contributed by atoms with Gasteiger partial charge in [-0.3, -0.25) is 4.79 Å². The number of fused-ring (bicyclic) bond motifs is 5. The maximum Gasteiger partial charge on any atom is 0.310 e. The second-order valence-corrected chi connectivity index (χ2v) is 20.2. The summed E-state index contributed by atoms with van der Waals surface area (Å²) in [5.74, 6) is 5.04. The number of hydrogen-bond donors (Lipinski definition) is 1. The highest BCUT2D eigenvalue weighted by Gasteiger charge is 2.60. The molecule has 0 amide bonds. The minimum absolute atomic E-state index is 0.0901. The predicted molar refractivity (Wildman–Crippen MR) is 231 cm³/mol. The van der Waals surface area contributed by atoms with Gasteiger partial charge < -0.3 is 9.84 Å². The fourth-order valence-electron chi connectivity index (χ4n) is 12.4. The molecule has 4 aliphatic rings. The molecule has 0 aromatic rings. The molecule has 312 valence electrons. The zero-order chi connectivity index (χ0) is 38.8. The van der Waals surface area contributed by atoms with E-state index in [0.29, 0.717) is 30.1 Å². The summed E-state index contributed by atoms with van der Waals surface area (Å²) >= 11 is 0. The molecule has 54 heavy (non-hydrogen) atoms. The van der Waals surface area contributed by atoms with Crippen molar-refractivity contribution in [2.24, 2.45) is 46.3 Å². The number of unbranched alkanes of at least 4 members (excludes halogenated alkanes) is 20. The Bertz CT molecular complexity index is 1120. The molecule has 0 aromatic carbocycles. The topological polar surface area (TPSA) is 46.5 Å². The van der Waals surface area contributed by atoms with Crippen LogP contribution < -0.4 is 0 Å². The lowest BCUT2D eigenvalue weighted by molar-refractivity contribution is -0.143. The second kappa shape index (κ2) is 24.0. The lowest BCUT2D eigenvalue weighted by Gasteiger charge is -2.58. The van der Waals surface area contributed by atoms with Crippen molar-refractivity contribution in [3.05, 3.63) is 23.5 Å². The Morgan fingerprint density at radius 1 is 0.722 bits per heavy atom. The summed E-state index contributed by atoms with van der Waals surface area (Å²) in [5, 5.41) is 10.9. The van der Waals surface area contributed by atoms with Crippen LogP contribution >= 0.6 is 0 Å². The zero-order valence-electron chi connectivity index (χ0n) is 36.9. The van der Waals surface area contributed by atoms with E-state index in [0.717, 1.165) is 48.7 Å². The van der Waals surface area contributed by atoms with Crippen LogP contribution in [-0.4, -0.2) is 17.2 Å². The van der Waals surface area contributed by atoms with Crippen LogP contribution in [0.1, 0.15) is 241 Å². The predicted octanol–water partition coefficient (Wildman–Crippen LogP) is 15.6. The molecule has 1 N–H and O–H groups in total. The molecular weight excluding hydrogens is 661 g/mol. The maximum atomic E-state index is 13.3. The van der Waals surface area contributed by atoms with Crippen LogP contribution in [0.25, 0.3) is 0 Å².